The van der Waals surface area contributed by atoms with E-state index < -0.39 is 5.91 Å². The molecule has 2 aromatic heterocycles. The summed E-state index contributed by atoms with van der Waals surface area (Å²) in [7, 11) is 1.80. The van der Waals surface area contributed by atoms with Crippen LogP contribution in [0.5, 0.6) is 0 Å². The summed E-state index contributed by atoms with van der Waals surface area (Å²) in [6.45, 7) is 0.874. The zero-order valence-corrected chi connectivity index (χ0v) is 16.5. The van der Waals surface area contributed by atoms with Crippen molar-refractivity contribution < 1.29 is 14.0 Å². The summed E-state index contributed by atoms with van der Waals surface area (Å²) in [5.74, 6) is -0.647. The Hall–Kier alpha value is -3.87. The molecule has 150 valence electrons. The standard InChI is InChI=1S/C23H20N4O3/c1-26-20-8-10-27(12-19(20)21(25-26)22(24)28)23(29)18-7-3-5-16-15(4-2-6-17(16)18)14-9-11-30-13-14/h2-7,9,11,13H,8,10,12H2,1H3,(H2,24,28). The number of nitrogens with zero attached hydrogens (tertiary/aromatic N) is 3. The third-order valence-electron chi connectivity index (χ3n) is 5.75. The van der Waals surface area contributed by atoms with Gasteiger partial charge in [-0.15, -0.1) is 0 Å². The van der Waals surface area contributed by atoms with Crippen LogP contribution in [-0.4, -0.2) is 33.0 Å². The predicted octanol–water partition coefficient (Wildman–Crippen LogP) is 3.13. The van der Waals surface area contributed by atoms with E-state index in [4.69, 9.17) is 10.2 Å². The number of hydrogen-bond acceptors (Lipinski definition) is 4. The minimum absolute atomic E-state index is 0.0742. The molecule has 0 atom stereocenters. The van der Waals surface area contributed by atoms with Gasteiger partial charge < -0.3 is 15.1 Å². The van der Waals surface area contributed by atoms with Crippen LogP contribution in [0.2, 0.25) is 0 Å². The summed E-state index contributed by atoms with van der Waals surface area (Å²) in [5.41, 5.74) is 10.0. The number of nitrogens with two attached hydrogens (primary N) is 1. The Morgan fingerprint density at radius 2 is 1.90 bits per heavy atom. The molecule has 0 radical (unpaired) electrons. The highest BCUT2D eigenvalue weighted by molar-refractivity contribution is 6.10. The summed E-state index contributed by atoms with van der Waals surface area (Å²) < 4.78 is 6.92. The quantitative estimate of drug-likeness (QED) is 0.572. The van der Waals surface area contributed by atoms with Gasteiger partial charge in [0.1, 0.15) is 0 Å². The van der Waals surface area contributed by atoms with Gasteiger partial charge >= 0.3 is 0 Å². The second-order valence-corrected chi connectivity index (χ2v) is 7.46. The first-order valence-electron chi connectivity index (χ1n) is 9.72. The first kappa shape index (κ1) is 18.2. The fourth-order valence-corrected chi connectivity index (χ4v) is 4.30. The molecule has 1 aliphatic heterocycles. The van der Waals surface area contributed by atoms with Crippen LogP contribution >= 0.6 is 0 Å². The predicted molar refractivity (Wildman–Crippen MR) is 112 cm³/mol. The Bertz CT molecular complexity index is 1290. The third kappa shape index (κ3) is 2.78. The largest absolute Gasteiger partial charge is 0.472 e. The van der Waals surface area contributed by atoms with Crippen LogP contribution in [0, 0.1) is 0 Å². The summed E-state index contributed by atoms with van der Waals surface area (Å²) in [4.78, 5) is 27.0. The van der Waals surface area contributed by atoms with Crippen molar-refractivity contribution in [3.05, 3.63) is 77.5 Å². The molecule has 5 rings (SSSR count). The summed E-state index contributed by atoms with van der Waals surface area (Å²) >= 11 is 0. The molecule has 1 aliphatic rings. The van der Waals surface area contributed by atoms with Gasteiger partial charge in [0.2, 0.25) is 0 Å². The molecule has 0 bridgehead atoms. The van der Waals surface area contributed by atoms with E-state index >= 15 is 0 Å². The fourth-order valence-electron chi connectivity index (χ4n) is 4.30. The summed E-state index contributed by atoms with van der Waals surface area (Å²) in [5, 5.41) is 6.11. The van der Waals surface area contributed by atoms with Gasteiger partial charge in [-0.2, -0.15) is 5.10 Å². The average molecular weight is 400 g/mol. The Labute approximate surface area is 172 Å². The van der Waals surface area contributed by atoms with Crippen molar-refractivity contribution in [3.8, 4) is 11.1 Å². The molecule has 7 heteroatoms. The van der Waals surface area contributed by atoms with E-state index in [9.17, 15) is 9.59 Å². The van der Waals surface area contributed by atoms with Crippen LogP contribution in [-0.2, 0) is 20.0 Å². The zero-order valence-electron chi connectivity index (χ0n) is 16.5. The van der Waals surface area contributed by atoms with E-state index in [0.717, 1.165) is 33.2 Å². The highest BCUT2D eigenvalue weighted by Crippen LogP contribution is 2.32. The number of rotatable bonds is 3. The molecule has 0 spiro atoms. The van der Waals surface area contributed by atoms with Gasteiger partial charge in [-0.25, -0.2) is 0 Å². The average Bonchev–Trinajstić information content (AvgIpc) is 3.40. The second kappa shape index (κ2) is 6.88. The molecule has 2 aromatic carbocycles. The Morgan fingerprint density at radius 3 is 2.67 bits per heavy atom. The van der Waals surface area contributed by atoms with Crippen LogP contribution in [0.4, 0.5) is 0 Å². The first-order chi connectivity index (χ1) is 14.5. The van der Waals surface area contributed by atoms with Crippen molar-refractivity contribution in [2.75, 3.05) is 6.54 Å². The van der Waals surface area contributed by atoms with Crippen molar-refractivity contribution in [2.24, 2.45) is 12.8 Å². The third-order valence-corrected chi connectivity index (χ3v) is 5.75. The second-order valence-electron chi connectivity index (χ2n) is 7.46. The van der Waals surface area contributed by atoms with E-state index in [2.05, 4.69) is 5.10 Å². The van der Waals surface area contributed by atoms with Crippen molar-refractivity contribution in [2.45, 2.75) is 13.0 Å². The molecule has 4 aromatic rings. The molecular formula is C23H20N4O3. The maximum absolute atomic E-state index is 13.5. The number of hydrogen-bond donors (Lipinski definition) is 1. The molecule has 3 heterocycles. The number of carbonyl (C=O) groups excluding carboxylic acids is 2. The number of carbonyl (C=O) groups is 2. The molecule has 2 amide bonds. The number of aryl methyl sites for hydroxylation is 1. The number of amides is 2. The van der Waals surface area contributed by atoms with Crippen molar-refractivity contribution in [1.82, 2.24) is 14.7 Å². The number of primary amides is 1. The zero-order chi connectivity index (χ0) is 20.8. The Morgan fingerprint density at radius 1 is 1.10 bits per heavy atom. The monoisotopic (exact) mass is 400 g/mol. The molecule has 7 nitrogen and oxygen atoms in total. The maximum Gasteiger partial charge on any atom is 0.269 e. The van der Waals surface area contributed by atoms with Crippen molar-refractivity contribution >= 4 is 22.6 Å². The molecule has 30 heavy (non-hydrogen) atoms. The minimum Gasteiger partial charge on any atom is -0.472 e. The van der Waals surface area contributed by atoms with Crippen LogP contribution in [0.15, 0.2) is 59.4 Å². The number of benzene rings is 2. The molecule has 0 saturated heterocycles. The van der Waals surface area contributed by atoms with Crippen LogP contribution < -0.4 is 5.73 Å². The molecule has 0 unspecified atom stereocenters. The first-order valence-corrected chi connectivity index (χ1v) is 9.72. The molecule has 2 N–H and O–H groups in total. The normalized spacial score (nSPS) is 13.4. The topological polar surface area (TPSA) is 94.4 Å². The molecule has 0 saturated carbocycles. The number of aromatic nitrogens is 2. The number of fused-ring (bicyclic) bond motifs is 2. The Balaban J connectivity index is 1.55. The fraction of sp³-hybridized carbons (Fsp3) is 0.174. The van der Waals surface area contributed by atoms with Gasteiger partial charge in [0.15, 0.2) is 5.69 Å². The van der Waals surface area contributed by atoms with Gasteiger partial charge in [-0.1, -0.05) is 30.3 Å². The van der Waals surface area contributed by atoms with Crippen LogP contribution in [0.1, 0.15) is 32.1 Å². The van der Waals surface area contributed by atoms with Gasteiger partial charge in [0.25, 0.3) is 11.8 Å². The molecular weight excluding hydrogens is 380 g/mol. The smallest absolute Gasteiger partial charge is 0.269 e. The van der Waals surface area contributed by atoms with Gasteiger partial charge in [0.05, 0.1) is 19.1 Å². The number of furan rings is 1. The summed E-state index contributed by atoms with van der Waals surface area (Å²) in [6, 6.07) is 13.6. The SMILES string of the molecule is Cn1nc(C(N)=O)c2c1CCN(C(=O)c1cccc3c(-c4ccoc4)cccc13)C2. The van der Waals surface area contributed by atoms with Gasteiger partial charge in [-0.3, -0.25) is 14.3 Å². The van der Waals surface area contributed by atoms with E-state index in [1.54, 1.807) is 29.2 Å². The van der Waals surface area contributed by atoms with E-state index in [0.29, 0.717) is 25.1 Å². The van der Waals surface area contributed by atoms with E-state index in [1.807, 2.05) is 42.5 Å². The Kier molecular flexibility index (Phi) is 4.17. The highest BCUT2D eigenvalue weighted by atomic mass is 16.3. The lowest BCUT2D eigenvalue weighted by molar-refractivity contribution is 0.0733. The molecule has 0 fully saturated rings. The summed E-state index contributed by atoms with van der Waals surface area (Å²) in [6.07, 6.45) is 3.96. The minimum atomic E-state index is -0.573. The van der Waals surface area contributed by atoms with E-state index in [1.165, 1.54) is 0 Å². The van der Waals surface area contributed by atoms with Crippen LogP contribution in [0.3, 0.4) is 0 Å². The van der Waals surface area contributed by atoms with Crippen LogP contribution in [0.25, 0.3) is 21.9 Å². The maximum atomic E-state index is 13.5. The highest BCUT2D eigenvalue weighted by Gasteiger charge is 2.29. The lowest BCUT2D eigenvalue weighted by Gasteiger charge is -2.28. The lowest BCUT2D eigenvalue weighted by Crippen LogP contribution is -2.37. The lowest BCUT2D eigenvalue weighted by atomic mass is 9.96. The van der Waals surface area contributed by atoms with Gasteiger partial charge in [-0.05, 0) is 28.5 Å². The van der Waals surface area contributed by atoms with E-state index in [-0.39, 0.29) is 11.6 Å². The van der Waals surface area contributed by atoms with Crippen molar-refractivity contribution in [3.63, 3.8) is 0 Å². The van der Waals surface area contributed by atoms with Crippen molar-refractivity contribution in [1.29, 1.82) is 0 Å². The van der Waals surface area contributed by atoms with Gasteiger partial charge in [0, 0.05) is 42.4 Å². The molecule has 0 aliphatic carbocycles.